The van der Waals surface area contributed by atoms with Crippen molar-refractivity contribution in [3.8, 4) is 5.75 Å². The molecule has 1 aromatic carbocycles. The van der Waals surface area contributed by atoms with E-state index in [0.717, 1.165) is 17.7 Å². The summed E-state index contributed by atoms with van der Waals surface area (Å²) < 4.78 is 6.77. The summed E-state index contributed by atoms with van der Waals surface area (Å²) in [5.74, 6) is -0.139. The zero-order chi connectivity index (χ0) is 13.0. The topological polar surface area (TPSA) is 64.4 Å². The van der Waals surface area contributed by atoms with E-state index < -0.39 is 5.97 Å². The summed E-state index contributed by atoms with van der Waals surface area (Å²) in [6.07, 6.45) is 3.90. The SMILES string of the molecule is COc1cccc(CCn2ccnc2C(=O)O)c1. The molecule has 1 aromatic heterocycles. The zero-order valence-corrected chi connectivity index (χ0v) is 10.0. The Kier molecular flexibility index (Phi) is 3.62. The van der Waals surface area contributed by atoms with Crippen molar-refractivity contribution < 1.29 is 14.6 Å². The van der Waals surface area contributed by atoms with Gasteiger partial charge in [-0.15, -0.1) is 0 Å². The summed E-state index contributed by atoms with van der Waals surface area (Å²) in [5.41, 5.74) is 1.10. The number of aromatic nitrogens is 2. The molecule has 5 nitrogen and oxygen atoms in total. The Labute approximate surface area is 105 Å². The second kappa shape index (κ2) is 5.35. The van der Waals surface area contributed by atoms with Gasteiger partial charge in [-0.1, -0.05) is 12.1 Å². The van der Waals surface area contributed by atoms with Gasteiger partial charge in [-0.05, 0) is 24.1 Å². The average Bonchev–Trinajstić information content (AvgIpc) is 2.85. The minimum atomic E-state index is -1.01. The third-order valence-corrected chi connectivity index (χ3v) is 2.68. The molecule has 1 heterocycles. The highest BCUT2D eigenvalue weighted by molar-refractivity contribution is 5.83. The van der Waals surface area contributed by atoms with E-state index in [1.807, 2.05) is 24.3 Å². The van der Waals surface area contributed by atoms with E-state index >= 15 is 0 Å². The molecule has 0 aliphatic heterocycles. The van der Waals surface area contributed by atoms with Crippen LogP contribution >= 0.6 is 0 Å². The molecule has 0 fully saturated rings. The van der Waals surface area contributed by atoms with Crippen LogP contribution in [0.2, 0.25) is 0 Å². The molecule has 0 aliphatic carbocycles. The van der Waals surface area contributed by atoms with Crippen molar-refractivity contribution in [1.29, 1.82) is 0 Å². The van der Waals surface area contributed by atoms with Crippen LogP contribution in [0.4, 0.5) is 0 Å². The number of imidazole rings is 1. The van der Waals surface area contributed by atoms with Crippen LogP contribution in [-0.2, 0) is 13.0 Å². The lowest BCUT2D eigenvalue weighted by Crippen LogP contribution is -2.10. The predicted octanol–water partition coefficient (Wildman–Crippen LogP) is 1.83. The van der Waals surface area contributed by atoms with Gasteiger partial charge in [0.2, 0.25) is 5.82 Å². The summed E-state index contributed by atoms with van der Waals surface area (Å²) in [6.45, 7) is 0.578. The van der Waals surface area contributed by atoms with Crippen LogP contribution in [-0.4, -0.2) is 27.7 Å². The summed E-state index contributed by atoms with van der Waals surface area (Å²) in [6, 6.07) is 7.72. The van der Waals surface area contributed by atoms with Gasteiger partial charge in [0.25, 0.3) is 0 Å². The van der Waals surface area contributed by atoms with Gasteiger partial charge in [0.15, 0.2) is 0 Å². The third-order valence-electron chi connectivity index (χ3n) is 2.68. The van der Waals surface area contributed by atoms with Crippen LogP contribution in [0.15, 0.2) is 36.7 Å². The number of ether oxygens (including phenoxy) is 1. The molecule has 0 spiro atoms. The zero-order valence-electron chi connectivity index (χ0n) is 10.0. The molecule has 2 aromatic rings. The first kappa shape index (κ1) is 12.2. The van der Waals surface area contributed by atoms with E-state index in [1.54, 1.807) is 17.9 Å². The lowest BCUT2D eigenvalue weighted by molar-refractivity contribution is 0.0678. The van der Waals surface area contributed by atoms with Crippen molar-refractivity contribution in [2.45, 2.75) is 13.0 Å². The number of aromatic carboxylic acids is 1. The quantitative estimate of drug-likeness (QED) is 0.874. The molecule has 2 rings (SSSR count). The van der Waals surface area contributed by atoms with E-state index in [9.17, 15) is 4.79 Å². The molecular formula is C13H14N2O3. The smallest absolute Gasteiger partial charge is 0.372 e. The fraction of sp³-hybridized carbons (Fsp3) is 0.231. The van der Waals surface area contributed by atoms with Crippen molar-refractivity contribution in [2.24, 2.45) is 0 Å². The van der Waals surface area contributed by atoms with E-state index in [1.165, 1.54) is 6.20 Å². The number of rotatable bonds is 5. The molecule has 18 heavy (non-hydrogen) atoms. The van der Waals surface area contributed by atoms with Crippen molar-refractivity contribution in [2.75, 3.05) is 7.11 Å². The van der Waals surface area contributed by atoms with Crippen LogP contribution in [0.3, 0.4) is 0 Å². The molecule has 5 heteroatoms. The number of carboxylic acids is 1. The van der Waals surface area contributed by atoms with Gasteiger partial charge in [0.1, 0.15) is 5.75 Å². The number of aryl methyl sites for hydroxylation is 2. The molecule has 94 valence electrons. The van der Waals surface area contributed by atoms with Gasteiger partial charge in [0.05, 0.1) is 7.11 Å². The molecule has 0 bridgehead atoms. The maximum Gasteiger partial charge on any atom is 0.372 e. The van der Waals surface area contributed by atoms with E-state index in [0.29, 0.717) is 6.54 Å². The largest absolute Gasteiger partial charge is 0.497 e. The molecule has 1 N–H and O–H groups in total. The number of nitrogens with zero attached hydrogens (tertiary/aromatic N) is 2. The number of carbonyl (C=O) groups is 1. The van der Waals surface area contributed by atoms with Gasteiger partial charge in [-0.25, -0.2) is 9.78 Å². The fourth-order valence-corrected chi connectivity index (χ4v) is 1.77. The normalized spacial score (nSPS) is 10.3. The fourth-order valence-electron chi connectivity index (χ4n) is 1.77. The van der Waals surface area contributed by atoms with Gasteiger partial charge >= 0.3 is 5.97 Å². The van der Waals surface area contributed by atoms with Crippen molar-refractivity contribution in [3.63, 3.8) is 0 Å². The second-order valence-electron chi connectivity index (χ2n) is 3.85. The van der Waals surface area contributed by atoms with Crippen LogP contribution in [0.1, 0.15) is 16.2 Å². The lowest BCUT2D eigenvalue weighted by atomic mass is 10.1. The monoisotopic (exact) mass is 246 g/mol. The molecule has 0 amide bonds. The molecule has 0 aliphatic rings. The van der Waals surface area contributed by atoms with Crippen LogP contribution < -0.4 is 4.74 Å². The van der Waals surface area contributed by atoms with Gasteiger partial charge in [-0.3, -0.25) is 0 Å². The first-order chi connectivity index (χ1) is 8.70. The first-order valence-corrected chi connectivity index (χ1v) is 5.58. The number of hydrogen-bond acceptors (Lipinski definition) is 3. The highest BCUT2D eigenvalue weighted by Crippen LogP contribution is 2.13. The van der Waals surface area contributed by atoms with E-state index in [4.69, 9.17) is 9.84 Å². The first-order valence-electron chi connectivity index (χ1n) is 5.58. The van der Waals surface area contributed by atoms with Crippen LogP contribution in [0.25, 0.3) is 0 Å². The third kappa shape index (κ3) is 2.68. The van der Waals surface area contributed by atoms with Gasteiger partial charge in [0, 0.05) is 18.9 Å². The summed E-state index contributed by atoms with van der Waals surface area (Å²) >= 11 is 0. The molecule has 0 radical (unpaired) electrons. The molecular weight excluding hydrogens is 232 g/mol. The van der Waals surface area contributed by atoms with Crippen LogP contribution in [0, 0.1) is 0 Å². The van der Waals surface area contributed by atoms with Gasteiger partial charge in [-0.2, -0.15) is 0 Å². The number of hydrogen-bond donors (Lipinski definition) is 1. The minimum Gasteiger partial charge on any atom is -0.497 e. The predicted molar refractivity (Wildman–Crippen MR) is 65.9 cm³/mol. The summed E-state index contributed by atoms with van der Waals surface area (Å²) in [5, 5.41) is 8.93. The van der Waals surface area contributed by atoms with Crippen molar-refractivity contribution in [3.05, 3.63) is 48.0 Å². The minimum absolute atomic E-state index is 0.0675. The van der Waals surface area contributed by atoms with E-state index in [2.05, 4.69) is 4.98 Å². The number of methoxy groups -OCH3 is 1. The van der Waals surface area contributed by atoms with Gasteiger partial charge < -0.3 is 14.4 Å². The Morgan fingerprint density at radius 2 is 2.33 bits per heavy atom. The Hall–Kier alpha value is -2.30. The van der Waals surface area contributed by atoms with E-state index in [-0.39, 0.29) is 5.82 Å². The van der Waals surface area contributed by atoms with Crippen LogP contribution in [0.5, 0.6) is 5.75 Å². The van der Waals surface area contributed by atoms with Crippen molar-refractivity contribution >= 4 is 5.97 Å². The maximum absolute atomic E-state index is 10.9. The molecule has 0 unspecified atom stereocenters. The molecule has 0 atom stereocenters. The second-order valence-corrected chi connectivity index (χ2v) is 3.85. The Balaban J connectivity index is 2.06. The number of benzene rings is 1. The maximum atomic E-state index is 10.9. The molecule has 0 saturated carbocycles. The summed E-state index contributed by atoms with van der Waals surface area (Å²) in [4.78, 5) is 14.7. The Morgan fingerprint density at radius 3 is 3.06 bits per heavy atom. The lowest BCUT2D eigenvalue weighted by Gasteiger charge is -2.06. The molecule has 0 saturated heterocycles. The highest BCUT2D eigenvalue weighted by atomic mass is 16.5. The highest BCUT2D eigenvalue weighted by Gasteiger charge is 2.10. The number of carboxylic acid groups (broad SMARTS) is 1. The Bertz CT molecular complexity index is 549. The standard InChI is InChI=1S/C13H14N2O3/c1-18-11-4-2-3-10(9-11)5-7-15-8-6-14-12(15)13(16)17/h2-4,6,8-9H,5,7H2,1H3,(H,16,17). The Morgan fingerprint density at radius 1 is 1.50 bits per heavy atom. The van der Waals surface area contributed by atoms with Crippen molar-refractivity contribution in [1.82, 2.24) is 9.55 Å². The summed E-state index contributed by atoms with van der Waals surface area (Å²) in [7, 11) is 1.62. The average molecular weight is 246 g/mol.